The van der Waals surface area contributed by atoms with Gasteiger partial charge in [0.25, 0.3) is 5.91 Å². The summed E-state index contributed by atoms with van der Waals surface area (Å²) < 4.78 is 16.5. The van der Waals surface area contributed by atoms with E-state index in [1.807, 2.05) is 6.07 Å². The van der Waals surface area contributed by atoms with E-state index in [4.69, 9.17) is 11.6 Å². The van der Waals surface area contributed by atoms with Crippen LogP contribution in [0.25, 0.3) is 11.2 Å². The first-order valence-electron chi connectivity index (χ1n) is 8.23. The summed E-state index contributed by atoms with van der Waals surface area (Å²) in [6, 6.07) is 7.41. The molecule has 3 aromatic rings. The molecule has 0 N–H and O–H groups in total. The van der Waals surface area contributed by atoms with E-state index in [-0.39, 0.29) is 22.7 Å². The molecule has 1 saturated heterocycles. The number of hydrogen-bond donors (Lipinski definition) is 0. The van der Waals surface area contributed by atoms with E-state index >= 15 is 0 Å². The predicted octanol–water partition coefficient (Wildman–Crippen LogP) is 2.61. The highest BCUT2D eigenvalue weighted by Crippen LogP contribution is 2.26. The minimum Gasteiger partial charge on any atom is -0.336 e. The molecule has 1 fully saturated rings. The Hall–Kier alpha value is -2.67. The number of fused-ring (bicyclic) bond motifs is 1. The zero-order chi connectivity index (χ0) is 18.4. The fourth-order valence-electron chi connectivity index (χ4n) is 3.47. The Kier molecular flexibility index (Phi) is 4.03. The smallest absolute Gasteiger partial charge is 0.330 e. The average molecular weight is 375 g/mol. The molecule has 0 spiro atoms. The molecule has 8 heteroatoms. The summed E-state index contributed by atoms with van der Waals surface area (Å²) in [4.78, 5) is 31.3. The van der Waals surface area contributed by atoms with Crippen LogP contribution in [0.5, 0.6) is 0 Å². The average Bonchev–Trinajstić information content (AvgIpc) is 3.21. The number of pyridine rings is 1. The van der Waals surface area contributed by atoms with Crippen molar-refractivity contribution in [3.8, 4) is 0 Å². The van der Waals surface area contributed by atoms with Gasteiger partial charge in [0.05, 0.1) is 16.6 Å². The van der Waals surface area contributed by atoms with Crippen molar-refractivity contribution in [2.24, 2.45) is 7.05 Å². The zero-order valence-electron chi connectivity index (χ0n) is 14.0. The molecule has 1 aromatic carbocycles. The molecule has 0 aliphatic carbocycles. The largest absolute Gasteiger partial charge is 0.336 e. The second kappa shape index (κ2) is 6.25. The lowest BCUT2D eigenvalue weighted by molar-refractivity contribution is 0.0787. The molecule has 0 bridgehead atoms. The van der Waals surface area contributed by atoms with Gasteiger partial charge in [0.2, 0.25) is 0 Å². The molecule has 1 aliphatic rings. The number of benzene rings is 1. The van der Waals surface area contributed by atoms with Crippen molar-refractivity contribution in [1.82, 2.24) is 19.0 Å². The first kappa shape index (κ1) is 16.8. The van der Waals surface area contributed by atoms with Crippen molar-refractivity contribution in [3.63, 3.8) is 0 Å². The van der Waals surface area contributed by atoms with Gasteiger partial charge in [0, 0.05) is 31.9 Å². The lowest BCUT2D eigenvalue weighted by atomic mass is 10.2. The van der Waals surface area contributed by atoms with E-state index in [0.29, 0.717) is 30.7 Å². The van der Waals surface area contributed by atoms with Crippen molar-refractivity contribution in [1.29, 1.82) is 0 Å². The number of rotatable bonds is 2. The second-order valence-corrected chi connectivity index (χ2v) is 6.79. The van der Waals surface area contributed by atoms with Crippen LogP contribution in [0.4, 0.5) is 4.39 Å². The third-order valence-corrected chi connectivity index (χ3v) is 5.12. The van der Waals surface area contributed by atoms with E-state index in [9.17, 15) is 14.0 Å². The minimum absolute atomic E-state index is 0.0823. The Balaban J connectivity index is 1.63. The molecule has 0 saturated carbocycles. The molecule has 0 unspecified atom stereocenters. The molecule has 0 radical (unpaired) electrons. The van der Waals surface area contributed by atoms with E-state index in [1.165, 1.54) is 18.2 Å². The molecule has 4 rings (SSSR count). The van der Waals surface area contributed by atoms with Gasteiger partial charge < -0.3 is 4.90 Å². The van der Waals surface area contributed by atoms with E-state index in [0.717, 1.165) is 5.52 Å². The van der Waals surface area contributed by atoms with E-state index in [1.54, 1.807) is 33.3 Å². The number of nitrogens with zero attached hydrogens (tertiary/aromatic N) is 4. The highest BCUT2D eigenvalue weighted by molar-refractivity contribution is 6.31. The molecular weight excluding hydrogens is 359 g/mol. The predicted molar refractivity (Wildman–Crippen MR) is 95.9 cm³/mol. The van der Waals surface area contributed by atoms with E-state index in [2.05, 4.69) is 4.98 Å². The summed E-state index contributed by atoms with van der Waals surface area (Å²) in [5, 5.41) is -0.0823. The Bertz CT molecular complexity index is 1070. The SMILES string of the molecule is Cn1c(=O)n([C@@H]2CCN(C(=O)c3ccc(F)c(Cl)c3)C2)c2ncccc21. The first-order chi connectivity index (χ1) is 12.5. The molecular formula is C18H16ClFN4O2. The number of halogens is 2. The van der Waals surface area contributed by atoms with Crippen LogP contribution in [-0.2, 0) is 7.05 Å². The van der Waals surface area contributed by atoms with Gasteiger partial charge in [-0.3, -0.25) is 13.9 Å². The van der Waals surface area contributed by atoms with Crippen LogP contribution >= 0.6 is 11.6 Å². The lowest BCUT2D eigenvalue weighted by Gasteiger charge is -2.17. The Labute approximate surface area is 153 Å². The summed E-state index contributed by atoms with van der Waals surface area (Å²) in [7, 11) is 1.71. The number of aromatic nitrogens is 3. The summed E-state index contributed by atoms with van der Waals surface area (Å²) in [6.45, 7) is 0.900. The maximum absolute atomic E-state index is 13.3. The van der Waals surface area contributed by atoms with Gasteiger partial charge in [-0.1, -0.05) is 11.6 Å². The molecule has 134 valence electrons. The van der Waals surface area contributed by atoms with Gasteiger partial charge in [-0.05, 0) is 36.8 Å². The van der Waals surface area contributed by atoms with E-state index < -0.39 is 5.82 Å². The summed E-state index contributed by atoms with van der Waals surface area (Å²) >= 11 is 5.78. The number of amides is 1. The number of likely N-dealkylation sites (tertiary alicyclic amines) is 1. The van der Waals surface area contributed by atoms with Gasteiger partial charge in [-0.15, -0.1) is 0 Å². The number of imidazole rings is 1. The van der Waals surface area contributed by atoms with Crippen LogP contribution in [0.3, 0.4) is 0 Å². The standard InChI is InChI=1S/C18H16ClFN4O2/c1-22-15-3-2-7-21-16(15)24(18(22)26)12-6-8-23(10-12)17(25)11-4-5-14(20)13(19)9-11/h2-5,7,9,12H,6,8,10H2,1H3/t12-/m1/s1. The van der Waals surface area contributed by atoms with Gasteiger partial charge in [0.15, 0.2) is 5.65 Å². The third kappa shape index (κ3) is 2.59. The summed E-state index contributed by atoms with van der Waals surface area (Å²) in [6.07, 6.45) is 2.30. The summed E-state index contributed by atoms with van der Waals surface area (Å²) in [5.41, 5.74) is 1.56. The Morgan fingerprint density at radius 3 is 2.92 bits per heavy atom. The molecule has 26 heavy (non-hydrogen) atoms. The van der Waals surface area contributed by atoms with Crippen molar-refractivity contribution in [2.45, 2.75) is 12.5 Å². The van der Waals surface area contributed by atoms with Crippen LogP contribution in [0.15, 0.2) is 41.3 Å². The maximum atomic E-state index is 13.3. The minimum atomic E-state index is -0.559. The topological polar surface area (TPSA) is 60.1 Å². The molecule has 1 amide bonds. The quantitative estimate of drug-likeness (QED) is 0.692. The lowest BCUT2D eigenvalue weighted by Crippen LogP contribution is -2.31. The molecule has 3 heterocycles. The van der Waals surface area contributed by atoms with Gasteiger partial charge >= 0.3 is 5.69 Å². The van der Waals surface area contributed by atoms with Crippen LogP contribution in [0.1, 0.15) is 22.8 Å². The van der Waals surface area contributed by atoms with Gasteiger partial charge in [-0.2, -0.15) is 0 Å². The van der Waals surface area contributed by atoms with Crippen molar-refractivity contribution in [2.75, 3.05) is 13.1 Å². The molecule has 6 nitrogen and oxygen atoms in total. The summed E-state index contributed by atoms with van der Waals surface area (Å²) in [5.74, 6) is -0.786. The monoisotopic (exact) mass is 374 g/mol. The number of carbonyl (C=O) groups excluding carboxylic acids is 1. The van der Waals surface area contributed by atoms with Crippen molar-refractivity contribution >= 4 is 28.7 Å². The Morgan fingerprint density at radius 1 is 1.35 bits per heavy atom. The second-order valence-electron chi connectivity index (χ2n) is 6.38. The normalized spacial score (nSPS) is 17.2. The van der Waals surface area contributed by atoms with Gasteiger partial charge in [-0.25, -0.2) is 14.2 Å². The van der Waals surface area contributed by atoms with Gasteiger partial charge in [0.1, 0.15) is 5.82 Å². The number of carbonyl (C=O) groups is 1. The molecule has 1 aliphatic heterocycles. The van der Waals surface area contributed by atoms with Crippen LogP contribution < -0.4 is 5.69 Å². The highest BCUT2D eigenvalue weighted by atomic mass is 35.5. The van der Waals surface area contributed by atoms with Crippen LogP contribution in [0.2, 0.25) is 5.02 Å². The number of hydrogen-bond acceptors (Lipinski definition) is 3. The Morgan fingerprint density at radius 2 is 2.15 bits per heavy atom. The molecule has 1 atom stereocenters. The van der Waals surface area contributed by atoms with Crippen molar-refractivity contribution < 1.29 is 9.18 Å². The zero-order valence-corrected chi connectivity index (χ0v) is 14.8. The van der Waals surface area contributed by atoms with Crippen LogP contribution in [-0.4, -0.2) is 38.0 Å². The third-order valence-electron chi connectivity index (χ3n) is 4.83. The fraction of sp³-hybridized carbons (Fsp3) is 0.278. The highest BCUT2D eigenvalue weighted by Gasteiger charge is 2.31. The van der Waals surface area contributed by atoms with Crippen molar-refractivity contribution in [3.05, 3.63) is 63.4 Å². The maximum Gasteiger partial charge on any atom is 0.330 e. The molecule has 2 aromatic heterocycles. The first-order valence-corrected chi connectivity index (χ1v) is 8.61. The van der Waals surface area contributed by atoms with Crippen LogP contribution in [0, 0.1) is 5.82 Å². The number of aryl methyl sites for hydroxylation is 1. The fourth-order valence-corrected chi connectivity index (χ4v) is 3.65.